The minimum atomic E-state index is -0.0191. The van der Waals surface area contributed by atoms with Crippen molar-refractivity contribution in [3.8, 4) is 11.5 Å². The summed E-state index contributed by atoms with van der Waals surface area (Å²) in [5.74, 6) is 1.39. The molecule has 0 saturated heterocycles. The van der Waals surface area contributed by atoms with E-state index in [0.29, 0.717) is 11.3 Å². The fourth-order valence-electron chi connectivity index (χ4n) is 2.42. The van der Waals surface area contributed by atoms with Crippen molar-refractivity contribution in [2.75, 3.05) is 7.05 Å². The third-order valence-corrected chi connectivity index (χ3v) is 4.96. The van der Waals surface area contributed by atoms with E-state index in [-0.39, 0.29) is 11.9 Å². The standard InChI is InChI=1S/C20H19NO2S/c1-15(19-12-7-13-24-19)21(2)20(22)16-8-6-11-18(14-16)23-17-9-4-3-5-10-17/h3-15H,1-2H3. The summed E-state index contributed by atoms with van der Waals surface area (Å²) in [5.41, 5.74) is 0.620. The molecule has 1 atom stereocenters. The zero-order valence-electron chi connectivity index (χ0n) is 13.7. The molecule has 3 rings (SSSR count). The summed E-state index contributed by atoms with van der Waals surface area (Å²) in [6, 6.07) is 20.9. The van der Waals surface area contributed by atoms with Crippen LogP contribution in [0.25, 0.3) is 0 Å². The van der Waals surface area contributed by atoms with Crippen LogP contribution in [0.1, 0.15) is 28.2 Å². The average molecular weight is 337 g/mol. The lowest BCUT2D eigenvalue weighted by Crippen LogP contribution is -2.29. The molecule has 0 aliphatic carbocycles. The predicted molar refractivity (Wildman–Crippen MR) is 97.8 cm³/mol. The molecule has 4 heteroatoms. The maximum absolute atomic E-state index is 12.8. The van der Waals surface area contributed by atoms with Crippen LogP contribution in [-0.4, -0.2) is 17.9 Å². The van der Waals surface area contributed by atoms with E-state index in [2.05, 4.69) is 0 Å². The molecule has 3 aromatic rings. The van der Waals surface area contributed by atoms with E-state index >= 15 is 0 Å². The monoisotopic (exact) mass is 337 g/mol. The molecule has 0 aliphatic rings. The first-order chi connectivity index (χ1) is 11.6. The van der Waals surface area contributed by atoms with Crippen molar-refractivity contribution >= 4 is 17.2 Å². The van der Waals surface area contributed by atoms with Crippen LogP contribution in [0.4, 0.5) is 0 Å². The lowest BCUT2D eigenvalue weighted by molar-refractivity contribution is 0.0744. The van der Waals surface area contributed by atoms with Crippen LogP contribution in [0, 0.1) is 0 Å². The van der Waals surface area contributed by atoms with Gasteiger partial charge in [-0.1, -0.05) is 30.3 Å². The van der Waals surface area contributed by atoms with Crippen LogP contribution in [0.15, 0.2) is 72.1 Å². The molecule has 24 heavy (non-hydrogen) atoms. The van der Waals surface area contributed by atoms with Gasteiger partial charge in [0, 0.05) is 17.5 Å². The average Bonchev–Trinajstić information content (AvgIpc) is 3.15. The highest BCUT2D eigenvalue weighted by Gasteiger charge is 2.20. The minimum Gasteiger partial charge on any atom is -0.457 e. The van der Waals surface area contributed by atoms with Gasteiger partial charge in [0.15, 0.2) is 0 Å². The number of rotatable bonds is 5. The summed E-state index contributed by atoms with van der Waals surface area (Å²) in [6.45, 7) is 2.04. The van der Waals surface area contributed by atoms with Gasteiger partial charge in [0.2, 0.25) is 0 Å². The molecule has 0 aliphatic heterocycles. The molecular formula is C20H19NO2S. The molecule has 1 amide bonds. The first kappa shape index (κ1) is 16.3. The fraction of sp³-hybridized carbons (Fsp3) is 0.150. The summed E-state index contributed by atoms with van der Waals surface area (Å²) >= 11 is 1.66. The van der Waals surface area contributed by atoms with E-state index in [0.717, 1.165) is 5.75 Å². The van der Waals surface area contributed by atoms with Gasteiger partial charge in [-0.2, -0.15) is 0 Å². The number of para-hydroxylation sites is 1. The number of ether oxygens (including phenoxy) is 1. The van der Waals surface area contributed by atoms with Crippen LogP contribution in [0.3, 0.4) is 0 Å². The third-order valence-electron chi connectivity index (χ3n) is 3.92. The van der Waals surface area contributed by atoms with Gasteiger partial charge in [-0.05, 0) is 48.7 Å². The highest BCUT2D eigenvalue weighted by molar-refractivity contribution is 7.10. The number of nitrogens with zero attached hydrogens (tertiary/aromatic N) is 1. The smallest absolute Gasteiger partial charge is 0.254 e. The Morgan fingerprint density at radius 3 is 2.46 bits per heavy atom. The molecule has 2 aromatic carbocycles. The van der Waals surface area contributed by atoms with Gasteiger partial charge in [-0.3, -0.25) is 4.79 Å². The van der Waals surface area contributed by atoms with E-state index < -0.39 is 0 Å². The fourth-order valence-corrected chi connectivity index (χ4v) is 3.24. The first-order valence-corrected chi connectivity index (χ1v) is 8.66. The van der Waals surface area contributed by atoms with E-state index in [4.69, 9.17) is 4.74 Å². The Morgan fingerprint density at radius 2 is 1.75 bits per heavy atom. The second-order valence-corrected chi connectivity index (χ2v) is 6.53. The Labute approximate surface area is 146 Å². The Morgan fingerprint density at radius 1 is 1.00 bits per heavy atom. The SMILES string of the molecule is CC(c1cccs1)N(C)C(=O)c1cccc(Oc2ccccc2)c1. The highest BCUT2D eigenvalue weighted by atomic mass is 32.1. The van der Waals surface area contributed by atoms with E-state index in [9.17, 15) is 4.79 Å². The van der Waals surface area contributed by atoms with Crippen LogP contribution in [0.2, 0.25) is 0 Å². The van der Waals surface area contributed by atoms with Crippen molar-refractivity contribution in [3.63, 3.8) is 0 Å². The number of carbonyl (C=O) groups excluding carboxylic acids is 1. The molecule has 0 saturated carbocycles. The summed E-state index contributed by atoms with van der Waals surface area (Å²) in [5, 5.41) is 2.03. The largest absolute Gasteiger partial charge is 0.457 e. The zero-order valence-corrected chi connectivity index (χ0v) is 14.5. The van der Waals surface area contributed by atoms with E-state index in [1.807, 2.05) is 80.0 Å². The Bertz CT molecular complexity index is 800. The van der Waals surface area contributed by atoms with Crippen molar-refractivity contribution < 1.29 is 9.53 Å². The maximum Gasteiger partial charge on any atom is 0.254 e. The van der Waals surface area contributed by atoms with Gasteiger partial charge in [0.25, 0.3) is 5.91 Å². The van der Waals surface area contributed by atoms with Gasteiger partial charge in [0.1, 0.15) is 11.5 Å². The minimum absolute atomic E-state index is 0.0191. The second kappa shape index (κ2) is 7.32. The van der Waals surface area contributed by atoms with Crippen LogP contribution >= 0.6 is 11.3 Å². The maximum atomic E-state index is 12.8. The van der Waals surface area contributed by atoms with Gasteiger partial charge >= 0.3 is 0 Å². The third kappa shape index (κ3) is 3.66. The summed E-state index contributed by atoms with van der Waals surface area (Å²) < 4.78 is 5.81. The highest BCUT2D eigenvalue weighted by Crippen LogP contribution is 2.26. The van der Waals surface area contributed by atoms with Gasteiger partial charge in [-0.25, -0.2) is 0 Å². The molecule has 0 spiro atoms. The number of benzene rings is 2. The lowest BCUT2D eigenvalue weighted by atomic mass is 10.1. The number of amides is 1. The molecule has 1 heterocycles. The van der Waals surface area contributed by atoms with Crippen molar-refractivity contribution in [1.82, 2.24) is 4.90 Å². The van der Waals surface area contributed by atoms with Crippen LogP contribution in [0.5, 0.6) is 11.5 Å². The number of thiophene rings is 1. The van der Waals surface area contributed by atoms with Crippen molar-refractivity contribution in [2.45, 2.75) is 13.0 Å². The normalized spacial score (nSPS) is 11.8. The number of carbonyl (C=O) groups is 1. The number of hydrogen-bond acceptors (Lipinski definition) is 3. The molecule has 122 valence electrons. The van der Waals surface area contributed by atoms with Gasteiger partial charge in [-0.15, -0.1) is 11.3 Å². The molecular weight excluding hydrogens is 318 g/mol. The lowest BCUT2D eigenvalue weighted by Gasteiger charge is -2.24. The van der Waals surface area contributed by atoms with Crippen LogP contribution < -0.4 is 4.74 Å². The van der Waals surface area contributed by atoms with Crippen molar-refractivity contribution in [3.05, 3.63) is 82.6 Å². The molecule has 3 nitrogen and oxygen atoms in total. The molecule has 0 bridgehead atoms. The molecule has 0 radical (unpaired) electrons. The van der Waals surface area contributed by atoms with Gasteiger partial charge in [0.05, 0.1) is 6.04 Å². The quantitative estimate of drug-likeness (QED) is 0.626. The summed E-state index contributed by atoms with van der Waals surface area (Å²) in [7, 11) is 1.83. The molecule has 0 N–H and O–H groups in total. The Hall–Kier alpha value is -2.59. The molecule has 1 aromatic heterocycles. The van der Waals surface area contributed by atoms with E-state index in [1.165, 1.54) is 4.88 Å². The predicted octanol–water partition coefficient (Wildman–Crippen LogP) is 5.37. The van der Waals surface area contributed by atoms with Crippen LogP contribution in [-0.2, 0) is 0 Å². The van der Waals surface area contributed by atoms with E-state index in [1.54, 1.807) is 22.3 Å². The second-order valence-electron chi connectivity index (χ2n) is 5.55. The number of hydrogen-bond donors (Lipinski definition) is 0. The van der Waals surface area contributed by atoms with Gasteiger partial charge < -0.3 is 9.64 Å². The zero-order chi connectivity index (χ0) is 16.9. The Kier molecular flexibility index (Phi) is 4.96. The molecule has 1 unspecified atom stereocenters. The van der Waals surface area contributed by atoms with Crippen molar-refractivity contribution in [2.24, 2.45) is 0 Å². The first-order valence-electron chi connectivity index (χ1n) is 7.78. The van der Waals surface area contributed by atoms with Crippen molar-refractivity contribution in [1.29, 1.82) is 0 Å². The topological polar surface area (TPSA) is 29.5 Å². The molecule has 0 fully saturated rings. The summed E-state index contributed by atoms with van der Waals surface area (Å²) in [6.07, 6.45) is 0. The summed E-state index contributed by atoms with van der Waals surface area (Å²) in [4.78, 5) is 15.7. The Balaban J connectivity index is 1.76.